The van der Waals surface area contributed by atoms with Crippen LogP contribution in [0.4, 0.5) is 0 Å². The number of nitrogens with one attached hydrogen (secondary N) is 1. The summed E-state index contributed by atoms with van der Waals surface area (Å²) in [5.41, 5.74) is 3.81. The van der Waals surface area contributed by atoms with Crippen LogP contribution in [-0.2, 0) is 22.5 Å². The first-order chi connectivity index (χ1) is 12.6. The van der Waals surface area contributed by atoms with Gasteiger partial charge in [0, 0.05) is 17.0 Å². The Bertz CT molecular complexity index is 841. The average molecular weight is 375 g/mol. The van der Waals surface area contributed by atoms with Crippen LogP contribution in [0, 0.1) is 6.92 Å². The molecule has 0 bridgehead atoms. The van der Waals surface area contributed by atoms with Gasteiger partial charge in [0.1, 0.15) is 11.5 Å². The number of hydrogen-bond donors (Lipinski definition) is 1. The highest BCUT2D eigenvalue weighted by Gasteiger charge is 2.14. The van der Waals surface area contributed by atoms with Crippen LogP contribution >= 0.6 is 11.6 Å². The molecule has 136 valence electrons. The quantitative estimate of drug-likeness (QED) is 0.474. The molecule has 0 fully saturated rings. The highest BCUT2D eigenvalue weighted by atomic mass is 35.5. The van der Waals surface area contributed by atoms with Gasteiger partial charge in [-0.15, -0.1) is 0 Å². The highest BCUT2D eigenvalue weighted by molar-refractivity contribution is 6.30. The maximum atomic E-state index is 12.0. The van der Waals surface area contributed by atoms with Gasteiger partial charge in [0.2, 0.25) is 11.8 Å². The van der Waals surface area contributed by atoms with Crippen LogP contribution < -0.4 is 5.48 Å². The zero-order valence-corrected chi connectivity index (χ0v) is 15.1. The Balaban J connectivity index is 1.46. The number of carbonyl (C=O) groups is 1. The van der Waals surface area contributed by atoms with Crippen molar-refractivity contribution >= 4 is 17.5 Å². The van der Waals surface area contributed by atoms with Crippen LogP contribution in [0.25, 0.3) is 11.5 Å². The molecule has 2 aromatic heterocycles. The number of hydroxylamine groups is 1. The van der Waals surface area contributed by atoms with Gasteiger partial charge in [-0.1, -0.05) is 11.6 Å². The Kier molecular flexibility index (Phi) is 6.09. The molecule has 7 heteroatoms. The first-order valence-corrected chi connectivity index (χ1v) is 8.65. The Labute approximate surface area is 156 Å². The van der Waals surface area contributed by atoms with Gasteiger partial charge in [0.25, 0.3) is 0 Å². The van der Waals surface area contributed by atoms with Gasteiger partial charge in [0.15, 0.2) is 0 Å². The zero-order chi connectivity index (χ0) is 18.4. The molecule has 3 rings (SSSR count). The molecule has 1 N–H and O–H groups in total. The molecule has 0 aliphatic heterocycles. The topological polar surface area (TPSA) is 77.5 Å². The normalized spacial score (nSPS) is 10.8. The van der Waals surface area contributed by atoms with Crippen molar-refractivity contribution in [1.29, 1.82) is 0 Å². The van der Waals surface area contributed by atoms with Crippen LogP contribution in [0.3, 0.4) is 0 Å². The van der Waals surface area contributed by atoms with Crippen LogP contribution in [0.2, 0.25) is 5.02 Å². The van der Waals surface area contributed by atoms with Crippen LogP contribution in [-0.4, -0.2) is 17.5 Å². The zero-order valence-electron chi connectivity index (χ0n) is 14.3. The second-order valence-electron chi connectivity index (χ2n) is 5.76. The van der Waals surface area contributed by atoms with E-state index in [0.717, 1.165) is 24.2 Å². The van der Waals surface area contributed by atoms with Gasteiger partial charge in [-0.2, -0.15) is 0 Å². The van der Waals surface area contributed by atoms with E-state index in [0.29, 0.717) is 29.0 Å². The first kappa shape index (κ1) is 18.2. The minimum atomic E-state index is -0.276. The molecule has 0 radical (unpaired) electrons. The fourth-order valence-corrected chi connectivity index (χ4v) is 2.53. The number of hydrogen-bond acceptors (Lipinski definition) is 5. The predicted molar refractivity (Wildman–Crippen MR) is 96.5 cm³/mol. The molecule has 0 atom stereocenters. The number of aryl methyl sites for hydroxylation is 2. The number of carbonyl (C=O) groups excluding carboxylic acids is 1. The van der Waals surface area contributed by atoms with Gasteiger partial charge in [0.05, 0.1) is 25.0 Å². The monoisotopic (exact) mass is 374 g/mol. The second-order valence-corrected chi connectivity index (χ2v) is 6.20. The van der Waals surface area contributed by atoms with E-state index in [1.165, 1.54) is 0 Å². The number of halogens is 1. The van der Waals surface area contributed by atoms with E-state index >= 15 is 0 Å². The molecular weight excluding hydrogens is 356 g/mol. The first-order valence-electron chi connectivity index (χ1n) is 8.27. The lowest BCUT2D eigenvalue weighted by Gasteiger charge is -2.04. The summed E-state index contributed by atoms with van der Waals surface area (Å²) in [4.78, 5) is 21.6. The van der Waals surface area contributed by atoms with Crippen molar-refractivity contribution in [3.63, 3.8) is 0 Å². The van der Waals surface area contributed by atoms with E-state index < -0.39 is 0 Å². The molecule has 1 aromatic carbocycles. The Morgan fingerprint density at radius 3 is 2.81 bits per heavy atom. The molecule has 1 amide bonds. The maximum absolute atomic E-state index is 12.0. The summed E-state index contributed by atoms with van der Waals surface area (Å²) in [5.74, 6) is 1.68. The molecule has 0 aliphatic carbocycles. The molecular formula is C19H19ClN2O4. The summed E-state index contributed by atoms with van der Waals surface area (Å²) in [5, 5.41) is 0.640. The number of aromatic nitrogens is 1. The third-order valence-electron chi connectivity index (χ3n) is 3.75. The van der Waals surface area contributed by atoms with E-state index in [1.54, 1.807) is 25.3 Å². The van der Waals surface area contributed by atoms with Crippen molar-refractivity contribution in [2.75, 3.05) is 6.61 Å². The third kappa shape index (κ3) is 4.97. The van der Waals surface area contributed by atoms with E-state index in [1.807, 2.05) is 24.3 Å². The summed E-state index contributed by atoms with van der Waals surface area (Å²) in [6.07, 6.45) is 3.23. The number of furan rings is 1. The number of nitrogens with zero attached hydrogens (tertiary/aromatic N) is 1. The summed E-state index contributed by atoms with van der Waals surface area (Å²) >= 11 is 5.88. The molecule has 0 unspecified atom stereocenters. The van der Waals surface area contributed by atoms with Crippen LogP contribution in [0.1, 0.15) is 23.6 Å². The van der Waals surface area contributed by atoms with Crippen molar-refractivity contribution < 1.29 is 18.5 Å². The fourth-order valence-electron chi connectivity index (χ4n) is 2.40. The van der Waals surface area contributed by atoms with E-state index in [2.05, 4.69) is 10.5 Å². The smallest absolute Gasteiger partial charge is 0.249 e. The number of rotatable bonds is 8. The minimum Gasteiger partial charge on any atom is -0.469 e. The molecule has 0 saturated heterocycles. The summed E-state index contributed by atoms with van der Waals surface area (Å²) in [7, 11) is 0. The van der Waals surface area contributed by atoms with Gasteiger partial charge < -0.3 is 8.83 Å². The van der Waals surface area contributed by atoms with Crippen molar-refractivity contribution in [3.05, 3.63) is 64.9 Å². The Hall–Kier alpha value is -2.57. The highest BCUT2D eigenvalue weighted by Crippen LogP contribution is 2.23. The average Bonchev–Trinajstić information content (AvgIpc) is 3.26. The SMILES string of the molecule is Cc1oc(-c2ccc(Cl)cc2)nc1CC(=O)NOCCCc1ccco1. The number of amides is 1. The second kappa shape index (κ2) is 8.69. The van der Waals surface area contributed by atoms with Crippen molar-refractivity contribution in [2.24, 2.45) is 0 Å². The Morgan fingerprint density at radius 1 is 1.27 bits per heavy atom. The molecule has 6 nitrogen and oxygen atoms in total. The molecule has 0 spiro atoms. The van der Waals surface area contributed by atoms with E-state index in [4.69, 9.17) is 25.3 Å². The molecule has 0 saturated carbocycles. The van der Waals surface area contributed by atoms with Crippen molar-refractivity contribution in [2.45, 2.75) is 26.2 Å². The Morgan fingerprint density at radius 2 is 2.08 bits per heavy atom. The van der Waals surface area contributed by atoms with Crippen molar-refractivity contribution in [1.82, 2.24) is 10.5 Å². The number of benzene rings is 1. The molecule has 2 heterocycles. The lowest BCUT2D eigenvalue weighted by Crippen LogP contribution is -2.26. The standard InChI is InChI=1S/C19H19ClN2O4/c1-13-17(21-19(26-13)14-6-8-15(20)9-7-14)12-18(23)22-25-11-3-5-16-4-2-10-24-16/h2,4,6-10H,3,5,11-12H2,1H3,(H,22,23). The van der Waals surface area contributed by atoms with E-state index in [-0.39, 0.29) is 12.3 Å². The lowest BCUT2D eigenvalue weighted by molar-refractivity contribution is -0.133. The van der Waals surface area contributed by atoms with Gasteiger partial charge >= 0.3 is 0 Å². The minimum absolute atomic E-state index is 0.0844. The number of oxazole rings is 1. The van der Waals surface area contributed by atoms with Crippen molar-refractivity contribution in [3.8, 4) is 11.5 Å². The molecule has 0 aliphatic rings. The summed E-state index contributed by atoms with van der Waals surface area (Å²) in [6, 6.07) is 10.9. The van der Waals surface area contributed by atoms with Crippen LogP contribution in [0.5, 0.6) is 0 Å². The van der Waals surface area contributed by atoms with Gasteiger partial charge in [-0.05, 0) is 49.7 Å². The summed E-state index contributed by atoms with van der Waals surface area (Å²) < 4.78 is 10.9. The molecule has 26 heavy (non-hydrogen) atoms. The van der Waals surface area contributed by atoms with Gasteiger partial charge in [-0.25, -0.2) is 10.5 Å². The predicted octanol–water partition coefficient (Wildman–Crippen LogP) is 4.12. The summed E-state index contributed by atoms with van der Waals surface area (Å²) in [6.45, 7) is 2.18. The fraction of sp³-hybridized carbons (Fsp3) is 0.263. The third-order valence-corrected chi connectivity index (χ3v) is 4.00. The molecule has 3 aromatic rings. The largest absolute Gasteiger partial charge is 0.469 e. The van der Waals surface area contributed by atoms with Crippen LogP contribution in [0.15, 0.2) is 51.5 Å². The maximum Gasteiger partial charge on any atom is 0.249 e. The lowest BCUT2D eigenvalue weighted by atomic mass is 10.2. The van der Waals surface area contributed by atoms with Gasteiger partial charge in [-0.3, -0.25) is 9.63 Å². The van der Waals surface area contributed by atoms with E-state index in [9.17, 15) is 4.79 Å².